The molecule has 0 radical (unpaired) electrons. The van der Waals surface area contributed by atoms with Crippen molar-refractivity contribution >= 4 is 5.91 Å². The molecule has 81 heavy (non-hydrogen) atoms. The third-order valence-electron chi connectivity index (χ3n) is 16.6. The maximum atomic E-state index is 13.3. The van der Waals surface area contributed by atoms with Gasteiger partial charge >= 0.3 is 0 Å². The van der Waals surface area contributed by atoms with Crippen molar-refractivity contribution in [1.29, 1.82) is 0 Å². The minimum atomic E-state index is -1.97. The van der Waals surface area contributed by atoms with Crippen LogP contribution in [0.4, 0.5) is 0 Å². The number of unbranched alkanes of at least 4 members (excludes halogenated alkanes) is 33. The number of carbonyl (C=O) groups is 1. The summed E-state index contributed by atoms with van der Waals surface area (Å²) in [5, 5.41) is 120. The number of aliphatic hydroxyl groups is 11. The van der Waals surface area contributed by atoms with Crippen LogP contribution in [0.2, 0.25) is 0 Å². The largest absolute Gasteiger partial charge is 0.394 e. The van der Waals surface area contributed by atoms with Gasteiger partial charge in [-0.05, 0) is 19.3 Å². The van der Waals surface area contributed by atoms with Crippen LogP contribution in [0.25, 0.3) is 0 Å². The molecule has 0 aliphatic carbocycles. The average molecular weight is 1160 g/mol. The number of nitrogens with one attached hydrogen (secondary N) is 1. The van der Waals surface area contributed by atoms with Crippen molar-refractivity contribution in [3.05, 3.63) is 12.2 Å². The van der Waals surface area contributed by atoms with E-state index in [1.807, 2.05) is 6.08 Å². The molecule has 478 valence electrons. The summed E-state index contributed by atoms with van der Waals surface area (Å²) >= 11 is 0. The van der Waals surface area contributed by atoms with Crippen LogP contribution in [-0.2, 0) is 33.2 Å². The van der Waals surface area contributed by atoms with Gasteiger partial charge in [0.15, 0.2) is 18.9 Å². The summed E-state index contributed by atoms with van der Waals surface area (Å²) in [6.07, 6.45) is 20.7. The lowest BCUT2D eigenvalue weighted by molar-refractivity contribution is -0.379. The van der Waals surface area contributed by atoms with Crippen molar-refractivity contribution in [3.63, 3.8) is 0 Å². The first-order valence-electron chi connectivity index (χ1n) is 32.4. The van der Waals surface area contributed by atoms with Gasteiger partial charge in [-0.1, -0.05) is 231 Å². The zero-order valence-corrected chi connectivity index (χ0v) is 50.0. The minimum Gasteiger partial charge on any atom is -0.394 e. The number of amides is 1. The van der Waals surface area contributed by atoms with E-state index < -0.39 is 124 Å². The zero-order chi connectivity index (χ0) is 59.0. The molecule has 19 heteroatoms. The quantitative estimate of drug-likeness (QED) is 0.0217. The number of aliphatic hydroxyl groups excluding tert-OH is 11. The van der Waals surface area contributed by atoms with Gasteiger partial charge in [0.2, 0.25) is 5.91 Å². The minimum absolute atomic E-state index is 0.247. The molecular formula is C62H117NO18. The summed E-state index contributed by atoms with van der Waals surface area (Å²) < 4.78 is 34.2. The number of hydrogen-bond acceptors (Lipinski definition) is 18. The summed E-state index contributed by atoms with van der Waals surface area (Å²) in [6, 6.07) is -0.966. The van der Waals surface area contributed by atoms with E-state index in [1.165, 1.54) is 173 Å². The second-order valence-corrected chi connectivity index (χ2v) is 23.6. The van der Waals surface area contributed by atoms with Crippen LogP contribution >= 0.6 is 0 Å². The van der Waals surface area contributed by atoms with E-state index >= 15 is 0 Å². The second-order valence-electron chi connectivity index (χ2n) is 23.6. The predicted molar refractivity (Wildman–Crippen MR) is 310 cm³/mol. The molecule has 3 aliphatic heterocycles. The highest BCUT2D eigenvalue weighted by Crippen LogP contribution is 2.33. The number of allylic oxidation sites excluding steroid dienone is 1. The molecule has 12 N–H and O–H groups in total. The Hall–Kier alpha value is -1.47. The van der Waals surface area contributed by atoms with Gasteiger partial charge in [-0.15, -0.1) is 0 Å². The van der Waals surface area contributed by atoms with Crippen LogP contribution in [0.15, 0.2) is 12.2 Å². The van der Waals surface area contributed by atoms with Gasteiger partial charge in [0.25, 0.3) is 0 Å². The first-order chi connectivity index (χ1) is 39.3. The molecule has 1 amide bonds. The summed E-state index contributed by atoms with van der Waals surface area (Å²) in [5.74, 6) is -0.275. The summed E-state index contributed by atoms with van der Waals surface area (Å²) in [6.45, 7) is 1.72. The Balaban J connectivity index is 1.42. The monoisotopic (exact) mass is 1160 g/mol. The van der Waals surface area contributed by atoms with Crippen LogP contribution in [0, 0.1) is 0 Å². The lowest BCUT2D eigenvalue weighted by Gasteiger charge is -2.48. The van der Waals surface area contributed by atoms with Crippen molar-refractivity contribution in [2.45, 2.75) is 349 Å². The van der Waals surface area contributed by atoms with Gasteiger partial charge in [-0.2, -0.15) is 0 Å². The number of ether oxygens (including phenoxy) is 6. The molecule has 17 unspecified atom stereocenters. The van der Waals surface area contributed by atoms with Crippen molar-refractivity contribution < 1.29 is 89.4 Å². The second kappa shape index (κ2) is 45.8. The Bertz CT molecular complexity index is 1530. The molecule has 3 aliphatic rings. The fourth-order valence-corrected chi connectivity index (χ4v) is 11.3. The Morgan fingerprint density at radius 1 is 0.432 bits per heavy atom. The van der Waals surface area contributed by atoms with E-state index in [1.54, 1.807) is 6.08 Å². The maximum absolute atomic E-state index is 13.3. The molecule has 17 atom stereocenters. The SMILES string of the molecule is CCCCCCCCCCCCCCCCCCCCCCCCCC/C=C/C(O)C(COC1OC(CO)C(OC2OC(CO)C(OC3OC(CO)C(O)C(O)C3O)C(O)C2O)C(O)C1O)NC(=O)CCCCCCCCCCCC. The number of rotatable bonds is 49. The molecule has 3 heterocycles. The Labute approximate surface area is 486 Å². The predicted octanol–water partition coefficient (Wildman–Crippen LogP) is 6.94. The van der Waals surface area contributed by atoms with E-state index in [4.69, 9.17) is 28.4 Å². The first kappa shape index (κ1) is 73.8. The Morgan fingerprint density at radius 3 is 1.16 bits per heavy atom. The van der Waals surface area contributed by atoms with Gasteiger partial charge in [0.1, 0.15) is 73.2 Å². The van der Waals surface area contributed by atoms with Gasteiger partial charge in [0, 0.05) is 6.42 Å². The fourth-order valence-electron chi connectivity index (χ4n) is 11.3. The molecule has 19 nitrogen and oxygen atoms in total. The molecule has 0 aromatic carbocycles. The molecular weight excluding hydrogens is 1050 g/mol. The maximum Gasteiger partial charge on any atom is 0.220 e. The summed E-state index contributed by atoms with van der Waals surface area (Å²) in [5.41, 5.74) is 0. The van der Waals surface area contributed by atoms with Crippen molar-refractivity contribution in [1.82, 2.24) is 5.32 Å². The molecule has 0 bridgehead atoms. The van der Waals surface area contributed by atoms with Crippen molar-refractivity contribution in [3.8, 4) is 0 Å². The molecule has 3 saturated heterocycles. The lowest BCUT2D eigenvalue weighted by Crippen LogP contribution is -2.66. The van der Waals surface area contributed by atoms with E-state index in [0.29, 0.717) is 6.42 Å². The molecule has 3 fully saturated rings. The molecule has 0 aromatic heterocycles. The highest BCUT2D eigenvalue weighted by Gasteiger charge is 2.53. The van der Waals surface area contributed by atoms with E-state index in [0.717, 1.165) is 44.9 Å². The average Bonchev–Trinajstić information content (AvgIpc) is 3.51. The van der Waals surface area contributed by atoms with Crippen molar-refractivity contribution in [2.75, 3.05) is 26.4 Å². The molecule has 3 rings (SSSR count). The van der Waals surface area contributed by atoms with E-state index in [2.05, 4.69) is 19.2 Å². The lowest BCUT2D eigenvalue weighted by atomic mass is 9.96. The van der Waals surface area contributed by atoms with Gasteiger partial charge in [0.05, 0.1) is 38.6 Å². The first-order valence-corrected chi connectivity index (χ1v) is 32.4. The smallest absolute Gasteiger partial charge is 0.220 e. The van der Waals surface area contributed by atoms with E-state index in [9.17, 15) is 61.0 Å². The third kappa shape index (κ3) is 29.2. The Kier molecular flexibility index (Phi) is 41.7. The molecule has 0 saturated carbocycles. The summed E-state index contributed by atoms with van der Waals surface area (Å²) in [4.78, 5) is 13.3. The van der Waals surface area contributed by atoms with Gasteiger partial charge < -0.3 is 89.9 Å². The highest BCUT2D eigenvalue weighted by atomic mass is 16.8. The fraction of sp³-hybridized carbons (Fsp3) is 0.952. The standard InChI is InChI=1S/C62H117NO18/c1-3-5-7-9-11-13-15-16-17-18-19-20-21-22-23-24-25-26-27-28-29-30-31-33-35-37-39-46(67)45(63-50(68)40-38-36-34-32-14-12-10-8-6-4-2)44-76-60-56(74)53(71)58(48(42-65)78-60)81-62-57(75)54(72)59(49(43-66)79-62)80-61-55(73)52(70)51(69)47(41-64)77-61/h37,39,45-49,51-62,64-67,69-75H,3-36,38,40-44H2,1-2H3,(H,63,68)/b39-37+. The number of carbonyl (C=O) groups excluding carboxylic acids is 1. The normalized spacial score (nSPS) is 29.8. The van der Waals surface area contributed by atoms with Gasteiger partial charge in [-0.25, -0.2) is 0 Å². The van der Waals surface area contributed by atoms with Crippen LogP contribution in [0.3, 0.4) is 0 Å². The van der Waals surface area contributed by atoms with E-state index in [-0.39, 0.29) is 18.9 Å². The van der Waals surface area contributed by atoms with Crippen LogP contribution in [0.5, 0.6) is 0 Å². The Morgan fingerprint density at radius 2 is 0.765 bits per heavy atom. The third-order valence-corrected chi connectivity index (χ3v) is 16.6. The topological polar surface area (TPSA) is 307 Å². The molecule has 0 aromatic rings. The highest BCUT2D eigenvalue weighted by molar-refractivity contribution is 5.76. The van der Waals surface area contributed by atoms with Gasteiger partial charge in [-0.3, -0.25) is 4.79 Å². The van der Waals surface area contributed by atoms with Crippen molar-refractivity contribution in [2.24, 2.45) is 0 Å². The van der Waals surface area contributed by atoms with Crippen LogP contribution < -0.4 is 5.32 Å². The van der Waals surface area contributed by atoms with Crippen LogP contribution in [0.1, 0.15) is 245 Å². The number of hydrogen-bond donors (Lipinski definition) is 12. The summed E-state index contributed by atoms with van der Waals surface area (Å²) in [7, 11) is 0. The zero-order valence-electron chi connectivity index (χ0n) is 50.0. The van der Waals surface area contributed by atoms with Crippen LogP contribution in [-0.4, -0.2) is 193 Å². The molecule has 0 spiro atoms.